The van der Waals surface area contributed by atoms with E-state index < -0.39 is 11.9 Å². The van der Waals surface area contributed by atoms with Crippen molar-refractivity contribution in [2.75, 3.05) is 13.1 Å². The minimum absolute atomic E-state index is 0.0686. The fourth-order valence-corrected chi connectivity index (χ4v) is 2.18. The number of imidazole rings is 1. The van der Waals surface area contributed by atoms with Gasteiger partial charge in [0.2, 0.25) is 5.91 Å². The van der Waals surface area contributed by atoms with Gasteiger partial charge in [0.05, 0.1) is 18.0 Å². The molecule has 98 valence electrons. The van der Waals surface area contributed by atoms with E-state index in [-0.39, 0.29) is 12.3 Å². The second-order valence-electron chi connectivity index (χ2n) is 4.71. The van der Waals surface area contributed by atoms with Gasteiger partial charge in [-0.15, -0.1) is 0 Å². The van der Waals surface area contributed by atoms with Crippen LogP contribution in [0.2, 0.25) is 0 Å². The number of aromatic nitrogens is 2. The first-order valence-corrected chi connectivity index (χ1v) is 6.06. The summed E-state index contributed by atoms with van der Waals surface area (Å²) in [7, 11) is 0. The Labute approximate surface area is 109 Å². The van der Waals surface area contributed by atoms with Crippen molar-refractivity contribution in [3.8, 4) is 0 Å². The third kappa shape index (κ3) is 2.16. The molecule has 1 saturated heterocycles. The fraction of sp³-hybridized carbons (Fsp3) is 0.308. The zero-order valence-electron chi connectivity index (χ0n) is 10.2. The van der Waals surface area contributed by atoms with Gasteiger partial charge in [-0.1, -0.05) is 6.07 Å². The van der Waals surface area contributed by atoms with E-state index in [2.05, 4.69) is 4.98 Å². The molecule has 0 unspecified atom stereocenters. The van der Waals surface area contributed by atoms with E-state index in [0.717, 1.165) is 5.65 Å². The van der Waals surface area contributed by atoms with Crippen molar-refractivity contribution in [1.82, 2.24) is 14.3 Å². The van der Waals surface area contributed by atoms with Crippen LogP contribution in [0.3, 0.4) is 0 Å². The van der Waals surface area contributed by atoms with Crippen LogP contribution >= 0.6 is 0 Å². The minimum atomic E-state index is -0.836. The van der Waals surface area contributed by atoms with Crippen molar-refractivity contribution >= 4 is 17.5 Å². The Morgan fingerprint density at radius 2 is 2.16 bits per heavy atom. The lowest BCUT2D eigenvalue weighted by atomic mass is 10.00. The number of pyridine rings is 1. The van der Waals surface area contributed by atoms with Crippen LogP contribution in [0, 0.1) is 5.92 Å². The number of fused-ring (bicyclic) bond motifs is 1. The quantitative estimate of drug-likeness (QED) is 0.866. The highest BCUT2D eigenvalue weighted by Crippen LogP contribution is 2.17. The molecule has 0 aliphatic carbocycles. The smallest absolute Gasteiger partial charge is 0.310 e. The standard InChI is InChI=1S/C13H13N3O3/c17-12(16-6-9(7-16)13(18)19)5-10-8-15-4-2-1-3-11(15)14-10/h1-4,8-9H,5-7H2,(H,18,19). The Kier molecular flexibility index (Phi) is 2.70. The summed E-state index contributed by atoms with van der Waals surface area (Å²) in [6.45, 7) is 0.614. The van der Waals surface area contributed by atoms with Crippen LogP contribution in [-0.4, -0.2) is 44.4 Å². The zero-order chi connectivity index (χ0) is 13.4. The molecule has 0 radical (unpaired) electrons. The Balaban J connectivity index is 1.65. The Hall–Kier alpha value is -2.37. The number of hydrogen-bond donors (Lipinski definition) is 1. The third-order valence-electron chi connectivity index (χ3n) is 3.33. The number of likely N-dealkylation sites (tertiary alicyclic amines) is 1. The molecule has 2 aromatic rings. The number of nitrogens with zero attached hydrogens (tertiary/aromatic N) is 3. The Bertz CT molecular complexity index is 610. The maximum absolute atomic E-state index is 11.9. The maximum atomic E-state index is 11.9. The van der Waals surface area contributed by atoms with Crippen molar-refractivity contribution in [1.29, 1.82) is 0 Å². The van der Waals surface area contributed by atoms with E-state index in [1.54, 1.807) is 4.90 Å². The van der Waals surface area contributed by atoms with Gasteiger partial charge in [-0.05, 0) is 12.1 Å². The lowest BCUT2D eigenvalue weighted by molar-refractivity contribution is -0.152. The van der Waals surface area contributed by atoms with Crippen LogP contribution in [0.15, 0.2) is 30.6 Å². The van der Waals surface area contributed by atoms with Crippen LogP contribution in [0.4, 0.5) is 0 Å². The predicted molar refractivity (Wildman–Crippen MR) is 66.6 cm³/mol. The molecule has 0 bridgehead atoms. The molecule has 3 heterocycles. The maximum Gasteiger partial charge on any atom is 0.310 e. The molecule has 0 saturated carbocycles. The van der Waals surface area contributed by atoms with Gasteiger partial charge in [0.25, 0.3) is 0 Å². The summed E-state index contributed by atoms with van der Waals surface area (Å²) in [5, 5.41) is 8.76. The molecule has 6 heteroatoms. The highest BCUT2D eigenvalue weighted by molar-refractivity contribution is 5.82. The second-order valence-corrected chi connectivity index (χ2v) is 4.71. The summed E-state index contributed by atoms with van der Waals surface area (Å²) in [5.74, 6) is -1.32. The Morgan fingerprint density at radius 3 is 2.84 bits per heavy atom. The number of aliphatic carboxylic acids is 1. The largest absolute Gasteiger partial charge is 0.481 e. The van der Waals surface area contributed by atoms with Gasteiger partial charge in [0, 0.05) is 25.5 Å². The van der Waals surface area contributed by atoms with Crippen LogP contribution in [0.25, 0.3) is 5.65 Å². The van der Waals surface area contributed by atoms with Crippen molar-refractivity contribution in [3.05, 3.63) is 36.3 Å². The number of carboxylic acids is 1. The van der Waals surface area contributed by atoms with E-state index in [0.29, 0.717) is 18.8 Å². The number of amides is 1. The minimum Gasteiger partial charge on any atom is -0.481 e. The van der Waals surface area contributed by atoms with Gasteiger partial charge < -0.3 is 14.4 Å². The van der Waals surface area contributed by atoms with Crippen LogP contribution in [-0.2, 0) is 16.0 Å². The zero-order valence-corrected chi connectivity index (χ0v) is 10.2. The summed E-state index contributed by atoms with van der Waals surface area (Å²) < 4.78 is 1.86. The normalized spacial score (nSPS) is 15.5. The molecule has 1 aliphatic heterocycles. The molecule has 0 spiro atoms. The third-order valence-corrected chi connectivity index (χ3v) is 3.33. The molecule has 19 heavy (non-hydrogen) atoms. The van der Waals surface area contributed by atoms with Gasteiger partial charge in [-0.2, -0.15) is 0 Å². The molecule has 1 aliphatic rings. The van der Waals surface area contributed by atoms with E-state index in [4.69, 9.17) is 5.11 Å². The molecule has 0 atom stereocenters. The summed E-state index contributed by atoms with van der Waals surface area (Å²) in [6.07, 6.45) is 3.91. The van der Waals surface area contributed by atoms with Crippen molar-refractivity contribution in [2.24, 2.45) is 5.92 Å². The first kappa shape index (κ1) is 11.7. The van der Waals surface area contributed by atoms with Crippen LogP contribution in [0.5, 0.6) is 0 Å². The molecule has 1 fully saturated rings. The monoisotopic (exact) mass is 259 g/mol. The molecule has 3 rings (SSSR count). The molecule has 1 amide bonds. The topological polar surface area (TPSA) is 74.9 Å². The lowest BCUT2D eigenvalue weighted by Crippen LogP contribution is -2.53. The SMILES string of the molecule is O=C(O)C1CN(C(=O)Cc2cn3ccccc3n2)C1. The predicted octanol–water partition coefficient (Wildman–Crippen LogP) is 0.420. The van der Waals surface area contributed by atoms with Crippen molar-refractivity contribution in [2.45, 2.75) is 6.42 Å². The average Bonchev–Trinajstić information content (AvgIpc) is 2.67. The van der Waals surface area contributed by atoms with Crippen LogP contribution in [0.1, 0.15) is 5.69 Å². The highest BCUT2D eigenvalue weighted by atomic mass is 16.4. The van der Waals surface area contributed by atoms with Gasteiger partial charge in [-0.25, -0.2) is 4.98 Å². The van der Waals surface area contributed by atoms with Crippen molar-refractivity contribution in [3.63, 3.8) is 0 Å². The summed E-state index contributed by atoms with van der Waals surface area (Å²) in [4.78, 5) is 28.5. The first-order chi connectivity index (χ1) is 9.13. The van der Waals surface area contributed by atoms with E-state index in [1.165, 1.54) is 0 Å². The van der Waals surface area contributed by atoms with Gasteiger partial charge in [-0.3, -0.25) is 9.59 Å². The van der Waals surface area contributed by atoms with Gasteiger partial charge >= 0.3 is 5.97 Å². The van der Waals surface area contributed by atoms with Crippen molar-refractivity contribution < 1.29 is 14.7 Å². The molecule has 0 aromatic carbocycles. The van der Waals surface area contributed by atoms with Gasteiger partial charge in [0.15, 0.2) is 0 Å². The first-order valence-electron chi connectivity index (χ1n) is 6.06. The molecular formula is C13H13N3O3. The molecule has 2 aromatic heterocycles. The number of rotatable bonds is 3. The van der Waals surface area contributed by atoms with Gasteiger partial charge in [0.1, 0.15) is 5.65 Å². The molecule has 1 N–H and O–H groups in total. The van der Waals surface area contributed by atoms with E-state index >= 15 is 0 Å². The van der Waals surface area contributed by atoms with E-state index in [9.17, 15) is 9.59 Å². The summed E-state index contributed by atoms with van der Waals surface area (Å²) >= 11 is 0. The fourth-order valence-electron chi connectivity index (χ4n) is 2.18. The highest BCUT2D eigenvalue weighted by Gasteiger charge is 2.35. The second kappa shape index (κ2) is 4.38. The lowest BCUT2D eigenvalue weighted by Gasteiger charge is -2.36. The molecular weight excluding hydrogens is 246 g/mol. The Morgan fingerprint density at radius 1 is 1.37 bits per heavy atom. The number of hydrogen-bond acceptors (Lipinski definition) is 3. The summed E-state index contributed by atoms with van der Waals surface area (Å²) in [5.41, 5.74) is 1.51. The van der Waals surface area contributed by atoms with Crippen LogP contribution < -0.4 is 0 Å². The number of carbonyl (C=O) groups excluding carboxylic acids is 1. The average molecular weight is 259 g/mol. The van der Waals surface area contributed by atoms with E-state index in [1.807, 2.05) is 35.0 Å². The number of carbonyl (C=O) groups is 2. The molecule has 6 nitrogen and oxygen atoms in total. The number of carboxylic acid groups (broad SMARTS) is 1. The summed E-state index contributed by atoms with van der Waals surface area (Å²) in [6, 6.07) is 5.66.